The Hall–Kier alpha value is -1.67. The second kappa shape index (κ2) is 4.03. The molecule has 5 heteroatoms. The summed E-state index contributed by atoms with van der Waals surface area (Å²) >= 11 is 3.00. The van der Waals surface area contributed by atoms with E-state index in [1.165, 1.54) is 12.1 Å². The highest BCUT2D eigenvalue weighted by atomic mass is 79.9. The zero-order valence-electron chi connectivity index (χ0n) is 6.82. The van der Waals surface area contributed by atoms with Crippen LogP contribution < -0.4 is 0 Å². The Morgan fingerprint density at radius 1 is 1.57 bits per heavy atom. The highest BCUT2D eigenvalue weighted by Gasteiger charge is 2.15. The number of carboxylic acids is 1. The lowest BCUT2D eigenvalue weighted by Gasteiger charge is -2.02. The summed E-state index contributed by atoms with van der Waals surface area (Å²) in [5, 5.41) is 17.3. The monoisotopic (exact) mass is 253 g/mol. The van der Waals surface area contributed by atoms with Gasteiger partial charge in [-0.15, -0.1) is 0 Å². The van der Waals surface area contributed by atoms with Gasteiger partial charge in [-0.2, -0.15) is 5.26 Å². The normalized spacial score (nSPS) is 9.14. The number of aromatic carboxylic acids is 1. The number of aldehydes is 1. The van der Waals surface area contributed by atoms with Crippen LogP contribution in [-0.2, 0) is 0 Å². The van der Waals surface area contributed by atoms with E-state index in [1.54, 1.807) is 0 Å². The summed E-state index contributed by atoms with van der Waals surface area (Å²) in [6, 6.07) is 4.42. The Morgan fingerprint density at radius 2 is 2.21 bits per heavy atom. The lowest BCUT2D eigenvalue weighted by atomic mass is 10.1. The maximum absolute atomic E-state index is 10.7. The van der Waals surface area contributed by atoms with Gasteiger partial charge in [-0.05, 0) is 28.1 Å². The van der Waals surface area contributed by atoms with Crippen molar-refractivity contribution in [2.45, 2.75) is 0 Å². The zero-order chi connectivity index (χ0) is 10.7. The van der Waals surface area contributed by atoms with Crippen molar-refractivity contribution in [3.63, 3.8) is 0 Å². The highest BCUT2D eigenvalue weighted by Crippen LogP contribution is 2.23. The van der Waals surface area contributed by atoms with Gasteiger partial charge < -0.3 is 5.11 Å². The molecule has 0 bridgehead atoms. The van der Waals surface area contributed by atoms with E-state index in [2.05, 4.69) is 15.9 Å². The van der Waals surface area contributed by atoms with Gasteiger partial charge in [0.05, 0.1) is 11.1 Å². The molecule has 0 aromatic heterocycles. The summed E-state index contributed by atoms with van der Waals surface area (Å²) in [5.41, 5.74) is 0.0968. The maximum atomic E-state index is 10.7. The fourth-order valence-corrected chi connectivity index (χ4v) is 1.51. The van der Waals surface area contributed by atoms with E-state index in [4.69, 9.17) is 10.4 Å². The molecular weight excluding hydrogens is 250 g/mol. The van der Waals surface area contributed by atoms with Crippen molar-refractivity contribution in [1.29, 1.82) is 5.26 Å². The molecule has 0 heterocycles. The molecule has 1 aromatic carbocycles. The molecule has 1 N–H and O–H groups in total. The standard InChI is InChI=1S/C9H4BrNO3/c10-8-5(3-11)1-2-6(9(13)14)7(8)4-12/h1-2,4H,(H,13,14). The van der Waals surface area contributed by atoms with Gasteiger partial charge in [0, 0.05) is 10.0 Å². The lowest BCUT2D eigenvalue weighted by molar-refractivity contribution is 0.0694. The summed E-state index contributed by atoms with van der Waals surface area (Å²) in [6.45, 7) is 0. The molecule has 0 radical (unpaired) electrons. The van der Waals surface area contributed by atoms with Crippen LogP contribution in [-0.4, -0.2) is 17.4 Å². The SMILES string of the molecule is N#Cc1ccc(C(=O)O)c(C=O)c1Br. The number of rotatable bonds is 2. The molecule has 0 aliphatic rings. The van der Waals surface area contributed by atoms with E-state index in [0.717, 1.165) is 0 Å². The fraction of sp³-hybridized carbons (Fsp3) is 0. The van der Waals surface area contributed by atoms with E-state index in [1.807, 2.05) is 6.07 Å². The van der Waals surface area contributed by atoms with E-state index in [9.17, 15) is 9.59 Å². The van der Waals surface area contributed by atoms with Crippen molar-refractivity contribution in [1.82, 2.24) is 0 Å². The van der Waals surface area contributed by atoms with Gasteiger partial charge in [-0.25, -0.2) is 4.79 Å². The molecule has 0 fully saturated rings. The van der Waals surface area contributed by atoms with Crippen LogP contribution in [0.3, 0.4) is 0 Å². The van der Waals surface area contributed by atoms with Crippen LogP contribution in [0.4, 0.5) is 0 Å². The number of hydrogen-bond donors (Lipinski definition) is 1. The topological polar surface area (TPSA) is 78.2 Å². The van der Waals surface area contributed by atoms with E-state index < -0.39 is 5.97 Å². The van der Waals surface area contributed by atoms with Crippen molar-refractivity contribution in [2.24, 2.45) is 0 Å². The third-order valence-electron chi connectivity index (χ3n) is 1.65. The Balaban J connectivity index is 3.53. The molecule has 0 atom stereocenters. The summed E-state index contributed by atoms with van der Waals surface area (Å²) in [7, 11) is 0. The largest absolute Gasteiger partial charge is 0.478 e. The maximum Gasteiger partial charge on any atom is 0.336 e. The highest BCUT2D eigenvalue weighted by molar-refractivity contribution is 9.10. The van der Waals surface area contributed by atoms with Gasteiger partial charge in [-0.3, -0.25) is 4.79 Å². The molecule has 70 valence electrons. The molecule has 0 spiro atoms. The van der Waals surface area contributed by atoms with Crippen molar-refractivity contribution in [3.05, 3.63) is 33.3 Å². The minimum absolute atomic E-state index is 0.0171. The Morgan fingerprint density at radius 3 is 2.64 bits per heavy atom. The predicted octanol–water partition coefficient (Wildman–Crippen LogP) is 1.83. The average molecular weight is 254 g/mol. The summed E-state index contributed by atoms with van der Waals surface area (Å²) in [6.07, 6.45) is 0.411. The van der Waals surface area contributed by atoms with Gasteiger partial charge in [0.2, 0.25) is 0 Å². The number of benzene rings is 1. The summed E-state index contributed by atoms with van der Waals surface area (Å²) < 4.78 is 0.218. The first kappa shape index (κ1) is 10.4. The fourth-order valence-electron chi connectivity index (χ4n) is 0.981. The average Bonchev–Trinajstić information content (AvgIpc) is 2.17. The number of halogens is 1. The summed E-state index contributed by atoms with van der Waals surface area (Å²) in [5.74, 6) is -1.20. The predicted molar refractivity (Wildman–Crippen MR) is 51.2 cm³/mol. The third-order valence-corrected chi connectivity index (χ3v) is 2.50. The first-order valence-corrected chi connectivity index (χ1v) is 4.32. The van der Waals surface area contributed by atoms with Crippen molar-refractivity contribution >= 4 is 28.2 Å². The van der Waals surface area contributed by atoms with Gasteiger partial charge in [-0.1, -0.05) is 0 Å². The minimum Gasteiger partial charge on any atom is -0.478 e. The Labute approximate surface area is 87.9 Å². The Kier molecular flexibility index (Phi) is 2.99. The van der Waals surface area contributed by atoms with Crippen molar-refractivity contribution < 1.29 is 14.7 Å². The first-order chi connectivity index (χ1) is 6.61. The first-order valence-electron chi connectivity index (χ1n) is 3.53. The molecule has 0 saturated heterocycles. The van der Waals surface area contributed by atoms with Gasteiger partial charge in [0.1, 0.15) is 6.07 Å². The molecule has 0 unspecified atom stereocenters. The van der Waals surface area contributed by atoms with E-state index in [0.29, 0.717) is 6.29 Å². The van der Waals surface area contributed by atoms with Crippen LogP contribution in [0.1, 0.15) is 26.3 Å². The smallest absolute Gasteiger partial charge is 0.336 e. The number of nitriles is 1. The molecule has 0 aliphatic carbocycles. The summed E-state index contributed by atoms with van der Waals surface area (Å²) in [4.78, 5) is 21.3. The molecule has 0 amide bonds. The van der Waals surface area contributed by atoms with E-state index in [-0.39, 0.29) is 21.2 Å². The molecule has 0 saturated carbocycles. The molecule has 1 rings (SSSR count). The van der Waals surface area contributed by atoms with Crippen LogP contribution >= 0.6 is 15.9 Å². The number of nitrogens with zero attached hydrogens (tertiary/aromatic N) is 1. The lowest BCUT2D eigenvalue weighted by Crippen LogP contribution is -2.03. The second-order valence-electron chi connectivity index (χ2n) is 2.42. The van der Waals surface area contributed by atoms with Crippen LogP contribution in [0.2, 0.25) is 0 Å². The molecular formula is C9H4BrNO3. The van der Waals surface area contributed by atoms with Crippen LogP contribution in [0.15, 0.2) is 16.6 Å². The number of carboxylic acid groups (broad SMARTS) is 1. The van der Waals surface area contributed by atoms with Gasteiger partial charge >= 0.3 is 5.97 Å². The quantitative estimate of drug-likeness (QED) is 0.816. The zero-order valence-corrected chi connectivity index (χ0v) is 8.41. The van der Waals surface area contributed by atoms with Crippen molar-refractivity contribution in [2.75, 3.05) is 0 Å². The van der Waals surface area contributed by atoms with Crippen LogP contribution in [0.5, 0.6) is 0 Å². The number of carbonyl (C=O) groups excluding carboxylic acids is 1. The molecule has 14 heavy (non-hydrogen) atoms. The van der Waals surface area contributed by atoms with Gasteiger partial charge in [0.25, 0.3) is 0 Å². The number of carbonyl (C=O) groups is 2. The third kappa shape index (κ3) is 1.65. The Bertz CT molecular complexity index is 448. The molecule has 4 nitrogen and oxygen atoms in total. The van der Waals surface area contributed by atoms with Crippen LogP contribution in [0, 0.1) is 11.3 Å². The molecule has 1 aromatic rings. The van der Waals surface area contributed by atoms with Crippen LogP contribution in [0.25, 0.3) is 0 Å². The van der Waals surface area contributed by atoms with E-state index >= 15 is 0 Å². The van der Waals surface area contributed by atoms with Crippen molar-refractivity contribution in [3.8, 4) is 6.07 Å². The van der Waals surface area contributed by atoms with Gasteiger partial charge in [0.15, 0.2) is 6.29 Å². The molecule has 0 aliphatic heterocycles. The second-order valence-corrected chi connectivity index (χ2v) is 3.22. The number of hydrogen-bond acceptors (Lipinski definition) is 3. The minimum atomic E-state index is -1.20.